The van der Waals surface area contributed by atoms with Gasteiger partial charge in [-0.1, -0.05) is 35.4 Å². The highest BCUT2D eigenvalue weighted by molar-refractivity contribution is 7.92. The lowest BCUT2D eigenvalue weighted by Gasteiger charge is -2.23. The maximum atomic E-state index is 13.5. The monoisotopic (exact) mass is 446 g/mol. The Morgan fingerprint density at radius 2 is 1.59 bits per heavy atom. The van der Waals surface area contributed by atoms with Gasteiger partial charge in [-0.05, 0) is 56.7 Å². The van der Waals surface area contributed by atoms with Crippen molar-refractivity contribution in [2.75, 3.05) is 10.8 Å². The molecule has 7 nitrogen and oxygen atoms in total. The molecule has 162 valence electrons. The van der Waals surface area contributed by atoms with E-state index in [9.17, 15) is 13.5 Å². The summed E-state index contributed by atoms with van der Waals surface area (Å²) >= 11 is 0. The Hall–Kier alpha value is -3.65. The summed E-state index contributed by atoms with van der Waals surface area (Å²) in [6, 6.07) is 18.0. The number of fused-ring (bicyclic) bond motifs is 3. The molecule has 0 spiro atoms. The molecule has 0 atom stereocenters. The van der Waals surface area contributed by atoms with Crippen LogP contribution in [0.3, 0.4) is 0 Å². The highest BCUT2D eigenvalue weighted by Gasteiger charge is 2.34. The smallest absolute Gasteiger partial charge is 0.265 e. The van der Waals surface area contributed by atoms with Crippen LogP contribution in [-0.4, -0.2) is 34.8 Å². The van der Waals surface area contributed by atoms with Crippen LogP contribution in [0.4, 0.5) is 5.82 Å². The molecule has 32 heavy (non-hydrogen) atoms. The molecule has 1 aliphatic heterocycles. The average molecular weight is 447 g/mol. The first kappa shape index (κ1) is 20.3. The number of anilines is 1. The minimum Gasteiger partial charge on any atom is -0.493 e. The Morgan fingerprint density at radius 3 is 2.28 bits per heavy atom. The van der Waals surface area contributed by atoms with Crippen LogP contribution in [0.25, 0.3) is 16.9 Å². The van der Waals surface area contributed by atoms with E-state index in [1.165, 1.54) is 8.99 Å². The fourth-order valence-electron chi connectivity index (χ4n) is 3.93. The Labute approximate surface area is 186 Å². The molecule has 3 heterocycles. The van der Waals surface area contributed by atoms with E-state index < -0.39 is 10.0 Å². The first-order chi connectivity index (χ1) is 15.4. The number of hydrogen-bond donors (Lipinski definition) is 1. The molecular weight excluding hydrogens is 424 g/mol. The standard InChI is InChI=1S/C24H22N4O3S/c1-16-5-9-18(10-6-16)28-24(29)21-13-15-27(23-20(22(21)26-28)4-3-14-25-23)32(30,31)19-11-7-17(2)8-12-19/h3-12,14,29H,13,15H2,1-2H3. The third-order valence-corrected chi connectivity index (χ3v) is 7.49. The Balaban J connectivity index is 1.65. The van der Waals surface area contributed by atoms with Gasteiger partial charge in [-0.25, -0.2) is 22.4 Å². The summed E-state index contributed by atoms with van der Waals surface area (Å²) in [5.41, 5.74) is 4.52. The number of pyridine rings is 1. The van der Waals surface area contributed by atoms with Crippen LogP contribution in [0.1, 0.15) is 16.7 Å². The highest BCUT2D eigenvalue weighted by Crippen LogP contribution is 2.40. The van der Waals surface area contributed by atoms with Crippen LogP contribution in [-0.2, 0) is 16.4 Å². The molecule has 0 fully saturated rings. The third-order valence-electron chi connectivity index (χ3n) is 5.69. The quantitative estimate of drug-likeness (QED) is 0.514. The van der Waals surface area contributed by atoms with Crippen LogP contribution >= 0.6 is 0 Å². The van der Waals surface area contributed by atoms with Gasteiger partial charge in [0.1, 0.15) is 5.69 Å². The van der Waals surface area contributed by atoms with Crippen molar-refractivity contribution < 1.29 is 13.5 Å². The van der Waals surface area contributed by atoms with Crippen LogP contribution in [0.2, 0.25) is 0 Å². The summed E-state index contributed by atoms with van der Waals surface area (Å²) in [7, 11) is -3.84. The molecule has 1 N–H and O–H groups in total. The van der Waals surface area contributed by atoms with Crippen molar-refractivity contribution in [2.45, 2.75) is 25.2 Å². The molecule has 5 rings (SSSR count). The summed E-state index contributed by atoms with van der Waals surface area (Å²) in [4.78, 5) is 4.61. The van der Waals surface area contributed by atoms with Gasteiger partial charge in [0, 0.05) is 23.9 Å². The van der Waals surface area contributed by atoms with E-state index in [1.807, 2.05) is 38.1 Å². The average Bonchev–Trinajstić information content (AvgIpc) is 3.01. The van der Waals surface area contributed by atoms with E-state index in [-0.39, 0.29) is 17.3 Å². The third kappa shape index (κ3) is 3.23. The molecule has 2 aromatic heterocycles. The second-order valence-corrected chi connectivity index (χ2v) is 9.78. The van der Waals surface area contributed by atoms with E-state index in [0.29, 0.717) is 29.1 Å². The zero-order valence-electron chi connectivity index (χ0n) is 17.7. The van der Waals surface area contributed by atoms with Gasteiger partial charge in [-0.3, -0.25) is 0 Å². The molecule has 0 unspecified atom stereocenters. The van der Waals surface area contributed by atoms with Gasteiger partial charge in [0.25, 0.3) is 10.0 Å². The molecule has 0 radical (unpaired) electrons. The molecule has 4 aromatic rings. The summed E-state index contributed by atoms with van der Waals surface area (Å²) < 4.78 is 29.8. The van der Waals surface area contributed by atoms with Crippen LogP contribution in [0, 0.1) is 13.8 Å². The van der Waals surface area contributed by atoms with Gasteiger partial charge in [-0.15, -0.1) is 0 Å². The molecule has 8 heteroatoms. The predicted octanol–water partition coefficient (Wildman–Crippen LogP) is 4.01. The minimum absolute atomic E-state index is 0.00763. The first-order valence-electron chi connectivity index (χ1n) is 10.3. The second kappa shape index (κ2) is 7.49. The zero-order valence-corrected chi connectivity index (χ0v) is 18.5. The molecule has 0 aliphatic carbocycles. The number of aromatic nitrogens is 3. The number of hydrogen-bond acceptors (Lipinski definition) is 5. The van der Waals surface area contributed by atoms with Gasteiger partial charge < -0.3 is 5.11 Å². The van der Waals surface area contributed by atoms with Crippen molar-refractivity contribution in [2.24, 2.45) is 0 Å². The number of sulfonamides is 1. The summed E-state index contributed by atoms with van der Waals surface area (Å²) in [6.07, 6.45) is 1.87. The van der Waals surface area contributed by atoms with Crippen LogP contribution in [0.15, 0.2) is 71.8 Å². The normalized spacial score (nSPS) is 13.4. The molecule has 0 amide bonds. The summed E-state index contributed by atoms with van der Waals surface area (Å²) in [5.74, 6) is 0.314. The molecule has 2 aromatic carbocycles. The maximum Gasteiger partial charge on any atom is 0.265 e. The molecule has 0 bridgehead atoms. The minimum atomic E-state index is -3.84. The maximum absolute atomic E-state index is 13.5. The second-order valence-electron chi connectivity index (χ2n) is 7.91. The Morgan fingerprint density at radius 1 is 0.938 bits per heavy atom. The van der Waals surface area contributed by atoms with Crippen molar-refractivity contribution in [1.82, 2.24) is 14.8 Å². The topological polar surface area (TPSA) is 88.3 Å². The van der Waals surface area contributed by atoms with Crippen molar-refractivity contribution in [3.8, 4) is 22.8 Å². The lowest BCUT2D eigenvalue weighted by molar-refractivity contribution is 0.428. The number of aromatic hydroxyl groups is 1. The Bertz CT molecular complexity index is 1410. The van der Waals surface area contributed by atoms with Gasteiger partial charge in [0.05, 0.1) is 10.6 Å². The molecule has 0 saturated heterocycles. The van der Waals surface area contributed by atoms with Crippen molar-refractivity contribution in [3.05, 3.63) is 83.6 Å². The van der Waals surface area contributed by atoms with E-state index in [1.54, 1.807) is 42.6 Å². The van der Waals surface area contributed by atoms with E-state index >= 15 is 0 Å². The summed E-state index contributed by atoms with van der Waals surface area (Å²) in [6.45, 7) is 4.04. The molecule has 1 aliphatic rings. The van der Waals surface area contributed by atoms with Crippen LogP contribution in [0.5, 0.6) is 5.88 Å². The fourth-order valence-corrected chi connectivity index (χ4v) is 5.36. The van der Waals surface area contributed by atoms with Gasteiger partial charge in [0.15, 0.2) is 5.82 Å². The lowest BCUT2D eigenvalue weighted by Crippen LogP contribution is -2.33. The number of rotatable bonds is 3. The Kier molecular flexibility index (Phi) is 4.74. The van der Waals surface area contributed by atoms with E-state index in [2.05, 4.69) is 10.1 Å². The van der Waals surface area contributed by atoms with Gasteiger partial charge in [0.2, 0.25) is 5.88 Å². The lowest BCUT2D eigenvalue weighted by atomic mass is 10.1. The first-order valence-corrected chi connectivity index (χ1v) is 11.7. The largest absolute Gasteiger partial charge is 0.493 e. The van der Waals surface area contributed by atoms with Gasteiger partial charge >= 0.3 is 0 Å². The van der Waals surface area contributed by atoms with Crippen molar-refractivity contribution in [1.29, 1.82) is 0 Å². The van der Waals surface area contributed by atoms with Gasteiger partial charge in [-0.2, -0.15) is 5.10 Å². The number of nitrogens with zero attached hydrogens (tertiary/aromatic N) is 4. The highest BCUT2D eigenvalue weighted by atomic mass is 32.2. The van der Waals surface area contributed by atoms with E-state index in [4.69, 9.17) is 0 Å². The van der Waals surface area contributed by atoms with Crippen molar-refractivity contribution in [3.63, 3.8) is 0 Å². The zero-order chi connectivity index (χ0) is 22.5. The van der Waals surface area contributed by atoms with Crippen molar-refractivity contribution >= 4 is 15.8 Å². The molecule has 0 saturated carbocycles. The number of benzene rings is 2. The predicted molar refractivity (Wildman–Crippen MR) is 123 cm³/mol. The SMILES string of the molecule is Cc1ccc(-n2nc3c(c2O)CCN(S(=O)(=O)c2ccc(C)cc2)c2ncccc2-3)cc1. The molecular formula is C24H22N4O3S. The summed E-state index contributed by atoms with van der Waals surface area (Å²) in [5, 5.41) is 15.7. The fraction of sp³-hybridized carbons (Fsp3) is 0.167. The number of aryl methyl sites for hydroxylation is 2. The van der Waals surface area contributed by atoms with E-state index in [0.717, 1.165) is 16.8 Å². The van der Waals surface area contributed by atoms with Crippen LogP contribution < -0.4 is 4.31 Å².